The van der Waals surface area contributed by atoms with Gasteiger partial charge >= 0.3 is 36.2 Å². The third-order valence-corrected chi connectivity index (χ3v) is 16.2. The van der Waals surface area contributed by atoms with Crippen LogP contribution in [0.15, 0.2) is 0 Å². The van der Waals surface area contributed by atoms with Crippen molar-refractivity contribution in [3.8, 4) is 0 Å². The first-order valence-corrected chi connectivity index (χ1v) is 36.2. The number of carboxylic acids is 1. The number of carbonyl (C=O) groups excluding carboxylic acids is 6. The van der Waals surface area contributed by atoms with E-state index in [-0.39, 0.29) is 77.9 Å². The summed E-state index contributed by atoms with van der Waals surface area (Å²) in [6.07, 6.45) is 34.4. The Morgan fingerprint density at radius 2 is 0.722 bits per heavy atom. The van der Waals surface area contributed by atoms with Crippen LogP contribution in [0.2, 0.25) is 0 Å². The van der Waals surface area contributed by atoms with E-state index in [1.807, 2.05) is 0 Å². The lowest BCUT2D eigenvalue weighted by atomic mass is 9.97. The van der Waals surface area contributed by atoms with Gasteiger partial charge in [0.15, 0.2) is 6.04 Å². The molecule has 0 rings (SSSR count). The van der Waals surface area contributed by atoms with Crippen LogP contribution < -0.4 is 16.4 Å². The van der Waals surface area contributed by atoms with Crippen LogP contribution >= 0.6 is 0 Å². The van der Waals surface area contributed by atoms with Crippen molar-refractivity contribution in [3.05, 3.63) is 0 Å². The number of ether oxygens (including phenoxy) is 4. The lowest BCUT2D eigenvalue weighted by Crippen LogP contribution is -2.68. The molecule has 18 heteroatoms. The van der Waals surface area contributed by atoms with Crippen LogP contribution in [0, 0.1) is 0 Å². The summed E-state index contributed by atoms with van der Waals surface area (Å²) < 4.78 is 22.4. The number of nitrogens with two attached hydrogens (primary N) is 1. The highest BCUT2D eigenvalue weighted by Crippen LogP contribution is 2.30. The first-order chi connectivity index (χ1) is 42.4. The second-order valence-electron chi connectivity index (χ2n) is 29.6. The number of alkyl carbamates (subject to hydrolysis) is 2. The van der Waals surface area contributed by atoms with Gasteiger partial charge in [0.05, 0.1) is 13.1 Å². The molecule has 0 aliphatic rings. The fourth-order valence-corrected chi connectivity index (χ4v) is 11.6. The van der Waals surface area contributed by atoms with Crippen LogP contribution in [-0.4, -0.2) is 142 Å². The fourth-order valence-electron chi connectivity index (χ4n) is 11.6. The van der Waals surface area contributed by atoms with E-state index in [0.717, 1.165) is 64.2 Å². The first-order valence-electron chi connectivity index (χ1n) is 36.2. The van der Waals surface area contributed by atoms with E-state index in [2.05, 4.69) is 24.5 Å². The van der Waals surface area contributed by atoms with Crippen molar-refractivity contribution in [1.29, 1.82) is 0 Å². The summed E-state index contributed by atoms with van der Waals surface area (Å²) >= 11 is 0. The predicted molar refractivity (Wildman–Crippen MR) is 365 cm³/mol. The fraction of sp³-hybridized carbons (Fsp3) is 0.903. The third kappa shape index (κ3) is 46.7. The molecule has 0 aliphatic carbocycles. The molecular weight excluding hydrogens is 1140 g/mol. The minimum absolute atomic E-state index is 0.00684. The summed E-state index contributed by atoms with van der Waals surface area (Å²) in [5.41, 5.74) is 2.49. The number of unbranched alkanes of at least 4 members (excludes halogenated alkanes) is 30. The van der Waals surface area contributed by atoms with Crippen LogP contribution in [0.1, 0.15) is 341 Å². The molecule has 0 unspecified atom stereocenters. The Morgan fingerprint density at radius 1 is 0.411 bits per heavy atom. The van der Waals surface area contributed by atoms with Crippen molar-refractivity contribution >= 4 is 42.2 Å². The maximum Gasteiger partial charge on any atom is 0.411 e. The van der Waals surface area contributed by atoms with Gasteiger partial charge in [0.1, 0.15) is 28.4 Å². The molecule has 0 radical (unpaired) electrons. The van der Waals surface area contributed by atoms with E-state index in [0.29, 0.717) is 19.3 Å². The predicted octanol–water partition coefficient (Wildman–Crippen LogP) is 18.0. The van der Waals surface area contributed by atoms with Crippen LogP contribution in [0.4, 0.5) is 19.2 Å². The van der Waals surface area contributed by atoms with E-state index < -0.39 is 81.1 Å². The second-order valence-corrected chi connectivity index (χ2v) is 29.6. The molecule has 528 valence electrons. The number of nitrogens with one attached hydrogen (secondary N) is 2. The molecule has 0 aliphatic heterocycles. The molecule has 90 heavy (non-hydrogen) atoms. The molecule has 6 amide bonds. The van der Waals surface area contributed by atoms with Gasteiger partial charge in [0.25, 0.3) is 0 Å². The topological polar surface area (TPSA) is 233 Å². The molecule has 0 fully saturated rings. The van der Waals surface area contributed by atoms with E-state index in [9.17, 15) is 33.9 Å². The Hall–Kier alpha value is -4.35. The monoisotopic (exact) mass is 1280 g/mol. The number of primary amides is 1. The van der Waals surface area contributed by atoms with Crippen molar-refractivity contribution in [2.45, 2.75) is 375 Å². The quantitative estimate of drug-likeness (QED) is 0.0253. The summed E-state index contributed by atoms with van der Waals surface area (Å²) in [5.74, 6) is -2.38. The molecule has 0 bridgehead atoms. The van der Waals surface area contributed by atoms with Gasteiger partial charge in [-0.3, -0.25) is 9.69 Å². The van der Waals surface area contributed by atoms with Crippen molar-refractivity contribution in [3.63, 3.8) is 0 Å². The van der Waals surface area contributed by atoms with E-state index in [1.54, 1.807) is 83.1 Å². The summed E-state index contributed by atoms with van der Waals surface area (Å²) in [6, 6.07) is -2.65. The van der Waals surface area contributed by atoms with Gasteiger partial charge < -0.3 is 45.3 Å². The summed E-state index contributed by atoms with van der Waals surface area (Å²) in [7, 11) is 0. The lowest BCUT2D eigenvalue weighted by Gasteiger charge is -2.44. The van der Waals surface area contributed by atoms with Gasteiger partial charge in [0, 0.05) is 45.6 Å². The smallest absolute Gasteiger partial charge is 0.411 e. The van der Waals surface area contributed by atoms with Crippen LogP contribution in [-0.2, 0) is 33.3 Å². The Labute approximate surface area is 549 Å². The highest BCUT2D eigenvalue weighted by molar-refractivity contribution is 5.84. The number of amides is 6. The Morgan fingerprint density at radius 3 is 1.04 bits per heavy atom. The van der Waals surface area contributed by atoms with Gasteiger partial charge in [-0.1, -0.05) is 194 Å². The Balaban J connectivity index is 7.44. The van der Waals surface area contributed by atoms with Gasteiger partial charge in [-0.25, -0.2) is 33.3 Å². The molecular formula is C72H139N6O12+. The average Bonchev–Trinajstić information content (AvgIpc) is 0.784. The number of nitrogens with zero attached hydrogens (tertiary/aromatic N) is 3. The standard InChI is InChI=1S/C72H138N6O12/c1-15-17-19-21-23-25-27-29-31-33-35-37-39-41-43-45-58-78(61(64(81)82)51-52-62(73)79,59-46-44-42-40-38-36-34-32-30-28-26-24-22-20-18-16-2)63(80)60(77(68(86)90-72(12,13)14)57-49-54-75-66(84)88-70(6,7)8)50-47-55-76(67(85)89-71(9,10)11)56-48-53-74-65(83)87-69(3,4)5/h60-61H,15-59H2,1-14H3,(H4-,73,74,75,79,81,82,83,84)/p+1/t60-,61-/m0/s1. The normalized spacial score (nSPS) is 12.9. The minimum Gasteiger partial charge on any atom is -0.477 e. The molecule has 0 heterocycles. The molecule has 0 aromatic heterocycles. The van der Waals surface area contributed by atoms with E-state index in [1.165, 1.54) is 138 Å². The van der Waals surface area contributed by atoms with Gasteiger partial charge in [-0.2, -0.15) is 0 Å². The van der Waals surface area contributed by atoms with Crippen molar-refractivity contribution in [2.24, 2.45) is 5.73 Å². The zero-order valence-corrected chi connectivity index (χ0v) is 60.3. The number of aliphatic carboxylic acids is 1. The zero-order chi connectivity index (χ0) is 67.9. The highest BCUT2D eigenvalue weighted by atomic mass is 16.6. The minimum atomic E-state index is -1.37. The highest BCUT2D eigenvalue weighted by Gasteiger charge is 2.52. The van der Waals surface area contributed by atoms with Gasteiger partial charge in [0.2, 0.25) is 5.91 Å². The van der Waals surface area contributed by atoms with E-state index in [4.69, 9.17) is 24.7 Å². The van der Waals surface area contributed by atoms with Crippen molar-refractivity contribution in [1.82, 2.24) is 20.4 Å². The van der Waals surface area contributed by atoms with Gasteiger partial charge in [-0.15, -0.1) is 0 Å². The Bertz CT molecular complexity index is 1890. The number of hydrogen-bond acceptors (Lipinski definition) is 11. The number of carboxylic acid groups (broad SMARTS) is 1. The Kier molecular flexibility index (Phi) is 46.9. The van der Waals surface area contributed by atoms with Gasteiger partial charge in [-0.05, 0) is 134 Å². The second kappa shape index (κ2) is 49.3. The first kappa shape index (κ1) is 85.7. The van der Waals surface area contributed by atoms with Crippen LogP contribution in [0.5, 0.6) is 0 Å². The molecule has 0 spiro atoms. The molecule has 0 saturated carbocycles. The maximum absolute atomic E-state index is 16.6. The number of rotatable bonds is 53. The molecule has 18 nitrogen and oxygen atoms in total. The molecule has 5 N–H and O–H groups in total. The largest absolute Gasteiger partial charge is 0.477 e. The summed E-state index contributed by atoms with van der Waals surface area (Å²) in [5, 5.41) is 17.0. The summed E-state index contributed by atoms with van der Waals surface area (Å²) in [4.78, 5) is 101. The van der Waals surface area contributed by atoms with E-state index >= 15 is 4.79 Å². The molecule has 0 aromatic carbocycles. The van der Waals surface area contributed by atoms with Crippen molar-refractivity contribution < 1.29 is 62.1 Å². The zero-order valence-electron chi connectivity index (χ0n) is 60.3. The summed E-state index contributed by atoms with van der Waals surface area (Å²) in [6.45, 7) is 26.4. The van der Waals surface area contributed by atoms with Crippen LogP contribution in [0.3, 0.4) is 0 Å². The molecule has 2 atom stereocenters. The number of carbonyl (C=O) groups is 7. The number of quaternary nitrogens is 1. The SMILES string of the molecule is CCCCCCCCCCCCCCCCCC[N+](CCCCCCCCCCCCCCCCCC)(C(=O)[C@H](CCCN(CCCNC(=O)OC(C)(C)C)C(=O)OC(C)(C)C)N(CCCNC(=O)OC(C)(C)C)C(=O)OC(C)(C)C)[C@@H](CCC(N)=O)C(=O)O. The number of hydrogen-bond donors (Lipinski definition) is 4. The third-order valence-electron chi connectivity index (χ3n) is 16.2. The van der Waals surface area contributed by atoms with Crippen molar-refractivity contribution in [2.75, 3.05) is 45.8 Å². The molecule has 0 aromatic rings. The lowest BCUT2D eigenvalue weighted by molar-refractivity contribution is -0.873. The maximum atomic E-state index is 16.6. The van der Waals surface area contributed by atoms with Crippen LogP contribution in [0.25, 0.3) is 0 Å². The average molecular weight is 1280 g/mol. The molecule has 0 saturated heterocycles.